The Morgan fingerprint density at radius 2 is 2.47 bits per heavy atom. The van der Waals surface area contributed by atoms with Gasteiger partial charge in [0.2, 0.25) is 5.91 Å². The van der Waals surface area contributed by atoms with Crippen molar-refractivity contribution in [2.45, 2.75) is 13.0 Å². The standard InChI is InChI=1S/C10H20N2O3/c1-3-12(5-7-14-2)10(13)9-8-15-6-4-11-9/h9,11H,3-8H2,1-2H3. The molecule has 0 aromatic rings. The highest BCUT2D eigenvalue weighted by atomic mass is 16.5. The maximum Gasteiger partial charge on any atom is 0.242 e. The SMILES string of the molecule is CCN(CCOC)C(=O)C1COCCN1. The Morgan fingerprint density at radius 1 is 1.67 bits per heavy atom. The van der Waals surface area contributed by atoms with E-state index >= 15 is 0 Å². The molecule has 15 heavy (non-hydrogen) atoms. The van der Waals surface area contributed by atoms with Crippen LogP contribution in [-0.2, 0) is 14.3 Å². The third-order valence-electron chi connectivity index (χ3n) is 2.48. The molecule has 1 rings (SSSR count). The first-order valence-electron chi connectivity index (χ1n) is 5.38. The number of hydrogen-bond acceptors (Lipinski definition) is 4. The van der Waals surface area contributed by atoms with Gasteiger partial charge < -0.3 is 19.7 Å². The highest BCUT2D eigenvalue weighted by Crippen LogP contribution is 2.00. The number of nitrogens with one attached hydrogen (secondary N) is 1. The van der Waals surface area contributed by atoms with Crippen molar-refractivity contribution in [2.24, 2.45) is 0 Å². The Morgan fingerprint density at radius 3 is 3.00 bits per heavy atom. The lowest BCUT2D eigenvalue weighted by Gasteiger charge is -2.29. The molecule has 1 fully saturated rings. The Bertz CT molecular complexity index is 193. The highest BCUT2D eigenvalue weighted by Gasteiger charge is 2.24. The number of nitrogens with zero attached hydrogens (tertiary/aromatic N) is 1. The van der Waals surface area contributed by atoms with E-state index in [9.17, 15) is 4.79 Å². The molecule has 1 N–H and O–H groups in total. The molecule has 0 radical (unpaired) electrons. The zero-order valence-corrected chi connectivity index (χ0v) is 9.49. The van der Waals surface area contributed by atoms with E-state index in [2.05, 4.69) is 5.32 Å². The third kappa shape index (κ3) is 3.77. The molecule has 5 heteroatoms. The van der Waals surface area contributed by atoms with Crippen LogP contribution in [0.2, 0.25) is 0 Å². The summed E-state index contributed by atoms with van der Waals surface area (Å²) in [4.78, 5) is 13.8. The number of rotatable bonds is 5. The summed E-state index contributed by atoms with van der Waals surface area (Å²) in [5.74, 6) is 0.106. The number of methoxy groups -OCH3 is 1. The van der Waals surface area contributed by atoms with Gasteiger partial charge in [0, 0.05) is 26.7 Å². The Kier molecular flexibility index (Phi) is 5.60. The maximum atomic E-state index is 12.0. The number of likely N-dealkylation sites (N-methyl/N-ethyl adjacent to an activating group) is 1. The van der Waals surface area contributed by atoms with Crippen LogP contribution in [-0.4, -0.2) is 63.4 Å². The fraction of sp³-hybridized carbons (Fsp3) is 0.900. The minimum Gasteiger partial charge on any atom is -0.383 e. The molecule has 1 atom stereocenters. The van der Waals surface area contributed by atoms with Crippen LogP contribution in [0.5, 0.6) is 0 Å². The van der Waals surface area contributed by atoms with Gasteiger partial charge in [-0.05, 0) is 6.92 Å². The minimum atomic E-state index is -0.185. The first kappa shape index (κ1) is 12.4. The molecule has 0 bridgehead atoms. The van der Waals surface area contributed by atoms with E-state index in [-0.39, 0.29) is 11.9 Å². The molecule has 0 aromatic carbocycles. The summed E-state index contributed by atoms with van der Waals surface area (Å²) in [6.45, 7) is 5.81. The molecule has 0 aliphatic carbocycles. The predicted octanol–water partition coefficient (Wildman–Crippen LogP) is -0.530. The molecule has 88 valence electrons. The minimum absolute atomic E-state index is 0.106. The lowest BCUT2D eigenvalue weighted by molar-refractivity contribution is -0.136. The second-order valence-electron chi connectivity index (χ2n) is 3.49. The largest absolute Gasteiger partial charge is 0.383 e. The summed E-state index contributed by atoms with van der Waals surface area (Å²) in [5, 5.41) is 3.15. The number of amides is 1. The monoisotopic (exact) mass is 216 g/mol. The average Bonchev–Trinajstić information content (AvgIpc) is 2.31. The second kappa shape index (κ2) is 6.76. The van der Waals surface area contributed by atoms with Gasteiger partial charge in [0.05, 0.1) is 19.8 Å². The van der Waals surface area contributed by atoms with Crippen molar-refractivity contribution in [1.82, 2.24) is 10.2 Å². The van der Waals surface area contributed by atoms with Gasteiger partial charge in [-0.15, -0.1) is 0 Å². The van der Waals surface area contributed by atoms with Gasteiger partial charge >= 0.3 is 0 Å². The van der Waals surface area contributed by atoms with E-state index in [1.54, 1.807) is 12.0 Å². The van der Waals surface area contributed by atoms with E-state index in [4.69, 9.17) is 9.47 Å². The van der Waals surface area contributed by atoms with Crippen molar-refractivity contribution < 1.29 is 14.3 Å². The zero-order valence-electron chi connectivity index (χ0n) is 9.49. The van der Waals surface area contributed by atoms with Gasteiger partial charge in [-0.2, -0.15) is 0 Å². The van der Waals surface area contributed by atoms with Gasteiger partial charge in [-0.25, -0.2) is 0 Å². The van der Waals surface area contributed by atoms with Gasteiger partial charge in [0.25, 0.3) is 0 Å². The van der Waals surface area contributed by atoms with Crippen LogP contribution in [0.25, 0.3) is 0 Å². The quantitative estimate of drug-likeness (QED) is 0.671. The number of hydrogen-bond donors (Lipinski definition) is 1. The van der Waals surface area contributed by atoms with Gasteiger partial charge in [-0.1, -0.05) is 0 Å². The molecule has 1 heterocycles. The molecule has 5 nitrogen and oxygen atoms in total. The number of ether oxygens (including phenoxy) is 2. The average molecular weight is 216 g/mol. The van der Waals surface area contributed by atoms with E-state index in [1.165, 1.54) is 0 Å². The molecule has 1 unspecified atom stereocenters. The topological polar surface area (TPSA) is 50.8 Å². The van der Waals surface area contributed by atoms with Gasteiger partial charge in [-0.3, -0.25) is 4.79 Å². The molecule has 0 aromatic heterocycles. The lowest BCUT2D eigenvalue weighted by Crippen LogP contribution is -2.53. The molecule has 1 aliphatic rings. The Hall–Kier alpha value is -0.650. The molecule has 0 saturated carbocycles. The Balaban J connectivity index is 2.40. The molecule has 1 saturated heterocycles. The van der Waals surface area contributed by atoms with E-state index in [0.717, 1.165) is 6.54 Å². The fourth-order valence-corrected chi connectivity index (χ4v) is 1.57. The summed E-state index contributed by atoms with van der Waals surface area (Å²) in [7, 11) is 1.64. The van der Waals surface area contributed by atoms with Crippen molar-refractivity contribution in [3.63, 3.8) is 0 Å². The van der Waals surface area contributed by atoms with Gasteiger partial charge in [0.1, 0.15) is 6.04 Å². The normalized spacial score (nSPS) is 21.3. The first-order chi connectivity index (χ1) is 7.29. The van der Waals surface area contributed by atoms with Crippen molar-refractivity contribution in [2.75, 3.05) is 46.6 Å². The second-order valence-corrected chi connectivity index (χ2v) is 3.49. The maximum absolute atomic E-state index is 12.0. The Labute approximate surface area is 90.7 Å². The molecular formula is C10H20N2O3. The first-order valence-corrected chi connectivity index (χ1v) is 5.38. The molecule has 0 spiro atoms. The molecular weight excluding hydrogens is 196 g/mol. The van der Waals surface area contributed by atoms with Crippen molar-refractivity contribution >= 4 is 5.91 Å². The van der Waals surface area contributed by atoms with Crippen LogP contribution < -0.4 is 5.32 Å². The molecule has 1 amide bonds. The highest BCUT2D eigenvalue weighted by molar-refractivity contribution is 5.82. The summed E-state index contributed by atoms with van der Waals surface area (Å²) in [6, 6.07) is -0.185. The van der Waals surface area contributed by atoms with E-state index in [0.29, 0.717) is 32.9 Å². The predicted molar refractivity (Wildman–Crippen MR) is 56.7 cm³/mol. The fourth-order valence-electron chi connectivity index (χ4n) is 1.57. The van der Waals surface area contributed by atoms with E-state index in [1.807, 2.05) is 6.92 Å². The van der Waals surface area contributed by atoms with Crippen LogP contribution in [0.1, 0.15) is 6.92 Å². The number of morpholine rings is 1. The summed E-state index contributed by atoms with van der Waals surface area (Å²) < 4.78 is 10.2. The summed E-state index contributed by atoms with van der Waals surface area (Å²) >= 11 is 0. The van der Waals surface area contributed by atoms with Crippen LogP contribution in [0, 0.1) is 0 Å². The van der Waals surface area contributed by atoms with Crippen LogP contribution >= 0.6 is 0 Å². The summed E-state index contributed by atoms with van der Waals surface area (Å²) in [6.07, 6.45) is 0. The van der Waals surface area contributed by atoms with Crippen LogP contribution in [0.15, 0.2) is 0 Å². The number of carbonyl (C=O) groups is 1. The van der Waals surface area contributed by atoms with Crippen molar-refractivity contribution in [3.8, 4) is 0 Å². The summed E-state index contributed by atoms with van der Waals surface area (Å²) in [5.41, 5.74) is 0. The van der Waals surface area contributed by atoms with Crippen molar-refractivity contribution in [1.29, 1.82) is 0 Å². The molecule has 1 aliphatic heterocycles. The van der Waals surface area contributed by atoms with Crippen LogP contribution in [0.4, 0.5) is 0 Å². The zero-order chi connectivity index (χ0) is 11.1. The smallest absolute Gasteiger partial charge is 0.242 e. The number of carbonyl (C=O) groups excluding carboxylic acids is 1. The van der Waals surface area contributed by atoms with Gasteiger partial charge in [0.15, 0.2) is 0 Å². The van der Waals surface area contributed by atoms with Crippen molar-refractivity contribution in [3.05, 3.63) is 0 Å². The van der Waals surface area contributed by atoms with E-state index < -0.39 is 0 Å². The lowest BCUT2D eigenvalue weighted by atomic mass is 10.2. The third-order valence-corrected chi connectivity index (χ3v) is 2.48. The van der Waals surface area contributed by atoms with Crippen LogP contribution in [0.3, 0.4) is 0 Å².